The molecule has 0 fully saturated rings. The fraction of sp³-hybridized carbons (Fsp3) is 0.273. The summed E-state index contributed by atoms with van der Waals surface area (Å²) in [6.45, 7) is 11.1. The van der Waals surface area contributed by atoms with Crippen LogP contribution in [0, 0.1) is 11.3 Å². The summed E-state index contributed by atoms with van der Waals surface area (Å²) in [6.07, 6.45) is 10.1. The molecule has 0 saturated carbocycles. The largest absolute Gasteiger partial charge is 0.0984 e. The molecule has 0 heterocycles. The molecule has 23 heavy (non-hydrogen) atoms. The number of hydrogen-bond acceptors (Lipinski definition) is 0. The van der Waals surface area contributed by atoms with Gasteiger partial charge in [0.1, 0.15) is 0 Å². The van der Waals surface area contributed by atoms with E-state index in [-0.39, 0.29) is 5.41 Å². The molecule has 118 valence electrons. The maximum absolute atomic E-state index is 4.04. The van der Waals surface area contributed by atoms with Gasteiger partial charge in [0.15, 0.2) is 0 Å². The second-order valence-corrected chi connectivity index (χ2v) is 8.31. The molecule has 0 aromatic heterocycles. The predicted molar refractivity (Wildman–Crippen MR) is 109 cm³/mol. The summed E-state index contributed by atoms with van der Waals surface area (Å²) in [6, 6.07) is 10.5. The van der Waals surface area contributed by atoms with Crippen LogP contribution < -0.4 is 0 Å². The smallest absolute Gasteiger partial charge is 0.00224 e. The molecular formula is C22H23I. The van der Waals surface area contributed by atoms with Crippen molar-refractivity contribution in [3.05, 3.63) is 87.1 Å². The molecule has 0 radical (unpaired) electrons. The predicted octanol–water partition coefficient (Wildman–Crippen LogP) is 6.88. The Morgan fingerprint density at radius 1 is 1.22 bits per heavy atom. The van der Waals surface area contributed by atoms with Gasteiger partial charge in [0.2, 0.25) is 0 Å². The lowest BCUT2D eigenvalue weighted by Crippen LogP contribution is -2.23. The molecule has 0 bridgehead atoms. The Balaban J connectivity index is 2.10. The summed E-state index contributed by atoms with van der Waals surface area (Å²) in [5.74, 6) is 0.590. The SMILES string of the molecule is C=C/C(=C\C1=C(C)C2=CC=C(I)CC2C1(C)C)c1ccccc1. The van der Waals surface area contributed by atoms with Crippen LogP contribution in [0.5, 0.6) is 0 Å². The highest BCUT2D eigenvalue weighted by molar-refractivity contribution is 14.1. The Morgan fingerprint density at radius 3 is 2.57 bits per heavy atom. The third-order valence-corrected chi connectivity index (χ3v) is 6.05. The van der Waals surface area contributed by atoms with Gasteiger partial charge < -0.3 is 0 Å². The zero-order valence-corrected chi connectivity index (χ0v) is 16.2. The van der Waals surface area contributed by atoms with Crippen LogP contribution in [-0.2, 0) is 0 Å². The third kappa shape index (κ3) is 2.91. The van der Waals surface area contributed by atoms with Crippen LogP contribution >= 0.6 is 22.6 Å². The Hall–Kier alpha value is -1.35. The fourth-order valence-electron chi connectivity index (χ4n) is 3.87. The van der Waals surface area contributed by atoms with E-state index in [2.05, 4.69) is 98.5 Å². The Bertz CT molecular complexity index is 754. The van der Waals surface area contributed by atoms with Gasteiger partial charge in [-0.05, 0) is 78.7 Å². The van der Waals surface area contributed by atoms with Crippen molar-refractivity contribution < 1.29 is 0 Å². The molecule has 0 N–H and O–H groups in total. The average molecular weight is 414 g/mol. The van der Waals surface area contributed by atoms with Gasteiger partial charge in [-0.1, -0.05) is 75.1 Å². The van der Waals surface area contributed by atoms with Crippen LogP contribution in [0.1, 0.15) is 32.8 Å². The molecule has 2 aliphatic carbocycles. The number of hydrogen-bond donors (Lipinski definition) is 0. The molecule has 0 saturated heterocycles. The lowest BCUT2D eigenvalue weighted by atomic mass is 9.73. The molecule has 1 atom stereocenters. The fourth-order valence-corrected chi connectivity index (χ4v) is 4.49. The number of allylic oxidation sites excluding steroid dienone is 9. The van der Waals surface area contributed by atoms with Crippen molar-refractivity contribution in [2.75, 3.05) is 0 Å². The summed E-state index contributed by atoms with van der Waals surface area (Å²) in [5, 5.41) is 0. The van der Waals surface area contributed by atoms with Crippen LogP contribution in [-0.4, -0.2) is 0 Å². The van der Waals surface area contributed by atoms with E-state index in [0.29, 0.717) is 5.92 Å². The second-order valence-electron chi connectivity index (χ2n) is 6.92. The first kappa shape index (κ1) is 16.5. The number of benzene rings is 1. The minimum Gasteiger partial charge on any atom is -0.0984 e. The maximum atomic E-state index is 4.04. The Kier molecular flexibility index (Phi) is 4.50. The zero-order valence-electron chi connectivity index (χ0n) is 14.1. The summed E-state index contributed by atoms with van der Waals surface area (Å²) >= 11 is 2.47. The highest BCUT2D eigenvalue weighted by atomic mass is 127. The highest BCUT2D eigenvalue weighted by Gasteiger charge is 2.43. The van der Waals surface area contributed by atoms with Gasteiger partial charge in [0, 0.05) is 0 Å². The number of halogens is 1. The van der Waals surface area contributed by atoms with E-state index >= 15 is 0 Å². The van der Waals surface area contributed by atoms with E-state index < -0.39 is 0 Å². The molecule has 1 heteroatoms. The van der Waals surface area contributed by atoms with Crippen molar-refractivity contribution in [2.24, 2.45) is 11.3 Å². The van der Waals surface area contributed by atoms with Gasteiger partial charge in [-0.25, -0.2) is 0 Å². The van der Waals surface area contributed by atoms with E-state index in [1.165, 1.54) is 31.4 Å². The lowest BCUT2D eigenvalue weighted by molar-refractivity contribution is 0.335. The molecule has 3 rings (SSSR count). The molecule has 2 aliphatic rings. The van der Waals surface area contributed by atoms with Crippen molar-refractivity contribution in [1.82, 2.24) is 0 Å². The van der Waals surface area contributed by atoms with Crippen LogP contribution in [0.25, 0.3) is 5.57 Å². The monoisotopic (exact) mass is 414 g/mol. The normalized spacial score (nSPS) is 23.3. The van der Waals surface area contributed by atoms with Crippen molar-refractivity contribution >= 4 is 28.2 Å². The van der Waals surface area contributed by atoms with Crippen molar-refractivity contribution in [3.8, 4) is 0 Å². The first-order chi connectivity index (χ1) is 10.9. The molecule has 0 aliphatic heterocycles. The average Bonchev–Trinajstić information content (AvgIpc) is 2.73. The minimum absolute atomic E-state index is 0.156. The van der Waals surface area contributed by atoms with Crippen LogP contribution in [0.3, 0.4) is 0 Å². The molecule has 0 amide bonds. The number of rotatable bonds is 3. The summed E-state index contributed by atoms with van der Waals surface area (Å²) in [4.78, 5) is 0. The Labute approximate surface area is 153 Å². The van der Waals surface area contributed by atoms with Crippen molar-refractivity contribution in [3.63, 3.8) is 0 Å². The summed E-state index contributed by atoms with van der Waals surface area (Å²) in [7, 11) is 0. The van der Waals surface area contributed by atoms with Crippen LogP contribution in [0.15, 0.2) is 81.5 Å². The Morgan fingerprint density at radius 2 is 1.91 bits per heavy atom. The van der Waals surface area contributed by atoms with Crippen LogP contribution in [0.2, 0.25) is 0 Å². The lowest BCUT2D eigenvalue weighted by Gasteiger charge is -2.32. The van der Waals surface area contributed by atoms with Crippen molar-refractivity contribution in [1.29, 1.82) is 0 Å². The van der Waals surface area contributed by atoms with Gasteiger partial charge in [0.05, 0.1) is 0 Å². The first-order valence-corrected chi connectivity index (χ1v) is 9.20. The summed E-state index contributed by atoms with van der Waals surface area (Å²) in [5.41, 5.74) is 6.99. The molecule has 1 aromatic rings. The molecule has 1 aromatic carbocycles. The second kappa shape index (κ2) is 6.27. The van der Waals surface area contributed by atoms with Gasteiger partial charge in [-0.3, -0.25) is 0 Å². The van der Waals surface area contributed by atoms with E-state index in [1.807, 2.05) is 6.08 Å². The number of fused-ring (bicyclic) bond motifs is 1. The quantitative estimate of drug-likeness (QED) is 0.374. The van der Waals surface area contributed by atoms with Gasteiger partial charge in [-0.15, -0.1) is 0 Å². The van der Waals surface area contributed by atoms with E-state index in [4.69, 9.17) is 0 Å². The van der Waals surface area contributed by atoms with E-state index in [1.54, 1.807) is 0 Å². The minimum atomic E-state index is 0.156. The molecule has 0 spiro atoms. The molecule has 0 nitrogen and oxygen atoms in total. The van der Waals surface area contributed by atoms with E-state index in [0.717, 1.165) is 6.42 Å². The van der Waals surface area contributed by atoms with Crippen LogP contribution in [0.4, 0.5) is 0 Å². The van der Waals surface area contributed by atoms with Gasteiger partial charge >= 0.3 is 0 Å². The first-order valence-electron chi connectivity index (χ1n) is 8.12. The highest BCUT2D eigenvalue weighted by Crippen LogP contribution is 2.55. The van der Waals surface area contributed by atoms with E-state index in [9.17, 15) is 0 Å². The summed E-state index contributed by atoms with van der Waals surface area (Å²) < 4.78 is 1.45. The van der Waals surface area contributed by atoms with Gasteiger partial charge in [0.25, 0.3) is 0 Å². The zero-order chi connectivity index (χ0) is 16.6. The molecule has 1 unspecified atom stereocenters. The van der Waals surface area contributed by atoms with Crippen molar-refractivity contribution in [2.45, 2.75) is 27.2 Å². The molecular weight excluding hydrogens is 391 g/mol. The maximum Gasteiger partial charge on any atom is -0.00224 e. The topological polar surface area (TPSA) is 0 Å². The third-order valence-electron chi connectivity index (χ3n) is 5.25. The van der Waals surface area contributed by atoms with Gasteiger partial charge in [-0.2, -0.15) is 0 Å². The standard InChI is InChI=1S/C22H23I/c1-5-16(17-9-7-6-8-10-17)13-20-15(2)19-12-11-18(23)14-21(19)22(20,3)4/h5-13,21H,1,14H2,2-4H3/b16-13+.